The predicted molar refractivity (Wildman–Crippen MR) is 84.1 cm³/mol. The van der Waals surface area contributed by atoms with Gasteiger partial charge in [0.25, 0.3) is 0 Å². The summed E-state index contributed by atoms with van der Waals surface area (Å²) in [5.74, 6) is -1.03. The molecular formula is C15H23BN2O4. The number of likely N-dealkylation sites (N-methyl/N-ethyl adjacent to an activating group) is 1. The van der Waals surface area contributed by atoms with Gasteiger partial charge in [0.2, 0.25) is 0 Å². The van der Waals surface area contributed by atoms with Gasteiger partial charge in [-0.05, 0) is 48.8 Å². The van der Waals surface area contributed by atoms with Crippen molar-refractivity contribution in [2.45, 2.75) is 37.7 Å². The van der Waals surface area contributed by atoms with Crippen LogP contribution in [0.25, 0.3) is 0 Å². The second-order valence-electron chi connectivity index (χ2n) is 5.87. The van der Waals surface area contributed by atoms with Crippen LogP contribution in [0.4, 0.5) is 0 Å². The fourth-order valence-electron chi connectivity index (χ4n) is 3.57. The van der Waals surface area contributed by atoms with E-state index in [-0.39, 0.29) is 12.2 Å². The molecule has 0 fully saturated rings. The summed E-state index contributed by atoms with van der Waals surface area (Å²) in [6.07, 6.45) is 2.08. The molecule has 7 heteroatoms. The summed E-state index contributed by atoms with van der Waals surface area (Å²) < 4.78 is 0. The van der Waals surface area contributed by atoms with Crippen molar-refractivity contribution in [3.05, 3.63) is 34.9 Å². The predicted octanol–water partition coefficient (Wildman–Crippen LogP) is 0.0699. The van der Waals surface area contributed by atoms with Gasteiger partial charge in [-0.15, -0.1) is 0 Å². The van der Waals surface area contributed by atoms with E-state index in [2.05, 4.69) is 5.32 Å². The van der Waals surface area contributed by atoms with Gasteiger partial charge in [-0.25, -0.2) is 4.79 Å². The summed E-state index contributed by atoms with van der Waals surface area (Å²) in [6.45, 7) is 0.425. The molecule has 6 N–H and O–H groups in total. The Labute approximate surface area is 130 Å². The van der Waals surface area contributed by atoms with Crippen molar-refractivity contribution in [3.63, 3.8) is 0 Å². The maximum absolute atomic E-state index is 12.0. The number of aliphatic carboxylic acids is 1. The zero-order valence-electron chi connectivity index (χ0n) is 12.7. The van der Waals surface area contributed by atoms with Gasteiger partial charge in [-0.3, -0.25) is 0 Å². The van der Waals surface area contributed by atoms with E-state index in [1.165, 1.54) is 0 Å². The van der Waals surface area contributed by atoms with Crippen molar-refractivity contribution >= 4 is 13.1 Å². The summed E-state index contributed by atoms with van der Waals surface area (Å²) in [5, 5.41) is 30.8. The van der Waals surface area contributed by atoms with Crippen LogP contribution in [0, 0.1) is 5.92 Å². The van der Waals surface area contributed by atoms with Crippen molar-refractivity contribution in [1.29, 1.82) is 0 Å². The van der Waals surface area contributed by atoms with Gasteiger partial charge < -0.3 is 26.2 Å². The number of carbonyl (C=O) groups is 1. The molecule has 1 aliphatic carbocycles. The first-order valence-corrected chi connectivity index (χ1v) is 7.56. The average molecular weight is 306 g/mol. The van der Waals surface area contributed by atoms with Crippen LogP contribution >= 0.6 is 0 Å². The third-order valence-electron chi connectivity index (χ3n) is 4.66. The number of fused-ring (bicyclic) bond motifs is 1. The first-order valence-electron chi connectivity index (χ1n) is 7.56. The molecule has 0 bridgehead atoms. The van der Waals surface area contributed by atoms with Crippen molar-refractivity contribution < 1.29 is 19.9 Å². The van der Waals surface area contributed by atoms with Crippen LogP contribution in [-0.2, 0) is 23.3 Å². The van der Waals surface area contributed by atoms with Crippen LogP contribution in [0.3, 0.4) is 0 Å². The SMILES string of the molecule is CN[C@@]1(C(=O)O)c2ccc(CN)cc2C[C@@H]1CCCB(O)O. The molecule has 22 heavy (non-hydrogen) atoms. The molecule has 1 aromatic rings. The van der Waals surface area contributed by atoms with Gasteiger partial charge in [0.15, 0.2) is 0 Å². The topological polar surface area (TPSA) is 116 Å². The van der Waals surface area contributed by atoms with Crippen LogP contribution in [0.15, 0.2) is 18.2 Å². The number of carboxylic acid groups (broad SMARTS) is 1. The molecule has 2 atom stereocenters. The number of benzene rings is 1. The van der Waals surface area contributed by atoms with E-state index in [0.717, 1.165) is 16.7 Å². The van der Waals surface area contributed by atoms with Crippen molar-refractivity contribution in [1.82, 2.24) is 5.32 Å². The minimum absolute atomic E-state index is 0.128. The highest BCUT2D eigenvalue weighted by molar-refractivity contribution is 6.40. The number of nitrogens with two attached hydrogens (primary N) is 1. The summed E-state index contributed by atoms with van der Waals surface area (Å²) >= 11 is 0. The van der Waals surface area contributed by atoms with E-state index in [1.54, 1.807) is 7.05 Å². The Morgan fingerprint density at radius 3 is 2.77 bits per heavy atom. The van der Waals surface area contributed by atoms with Gasteiger partial charge in [-0.1, -0.05) is 24.6 Å². The van der Waals surface area contributed by atoms with E-state index in [0.29, 0.717) is 25.8 Å². The zero-order chi connectivity index (χ0) is 16.3. The highest BCUT2D eigenvalue weighted by atomic mass is 16.4. The van der Waals surface area contributed by atoms with Gasteiger partial charge in [0.05, 0.1) is 0 Å². The van der Waals surface area contributed by atoms with Gasteiger partial charge >= 0.3 is 13.1 Å². The molecule has 0 saturated carbocycles. The summed E-state index contributed by atoms with van der Waals surface area (Å²) in [7, 11) is 0.315. The molecule has 0 unspecified atom stereocenters. The van der Waals surface area contributed by atoms with E-state index < -0.39 is 18.6 Å². The highest BCUT2D eigenvalue weighted by Gasteiger charge is 2.51. The maximum Gasteiger partial charge on any atom is 0.451 e. The molecule has 2 rings (SSSR count). The van der Waals surface area contributed by atoms with Crippen LogP contribution in [0.1, 0.15) is 29.5 Å². The van der Waals surface area contributed by atoms with E-state index in [1.807, 2.05) is 18.2 Å². The van der Waals surface area contributed by atoms with Crippen molar-refractivity contribution in [2.75, 3.05) is 7.05 Å². The lowest BCUT2D eigenvalue weighted by molar-refractivity contribution is -0.147. The zero-order valence-corrected chi connectivity index (χ0v) is 12.7. The first-order chi connectivity index (χ1) is 10.5. The molecule has 0 radical (unpaired) electrons. The summed E-state index contributed by atoms with van der Waals surface area (Å²) in [4.78, 5) is 12.0. The van der Waals surface area contributed by atoms with Gasteiger partial charge in [0, 0.05) is 6.54 Å². The number of rotatable bonds is 7. The lowest BCUT2D eigenvalue weighted by atomic mass is 9.77. The summed E-state index contributed by atoms with van der Waals surface area (Å²) in [5.41, 5.74) is 7.32. The third kappa shape index (κ3) is 2.89. The van der Waals surface area contributed by atoms with E-state index in [4.69, 9.17) is 15.8 Å². The number of carboxylic acids is 1. The normalized spacial score (nSPS) is 23.4. The molecule has 6 nitrogen and oxygen atoms in total. The lowest BCUT2D eigenvalue weighted by Crippen LogP contribution is -2.51. The number of hydrogen-bond acceptors (Lipinski definition) is 5. The van der Waals surface area contributed by atoms with Crippen molar-refractivity contribution in [2.24, 2.45) is 11.7 Å². The minimum Gasteiger partial charge on any atom is -0.480 e. The fourth-order valence-corrected chi connectivity index (χ4v) is 3.57. The molecule has 1 aromatic carbocycles. The quantitative estimate of drug-likeness (QED) is 0.455. The molecule has 0 saturated heterocycles. The third-order valence-corrected chi connectivity index (χ3v) is 4.66. The largest absolute Gasteiger partial charge is 0.480 e. The molecule has 120 valence electrons. The molecular weight excluding hydrogens is 283 g/mol. The highest BCUT2D eigenvalue weighted by Crippen LogP contribution is 2.44. The Morgan fingerprint density at radius 2 is 2.23 bits per heavy atom. The standard InChI is InChI=1S/C15H23BN2O4/c1-18-15(14(19)20)12(3-2-6-16(21)22)8-11-7-10(9-17)4-5-13(11)15/h4-5,7,12,18,21-22H,2-3,6,8-9,17H2,1H3,(H,19,20)/t12-,15+/m0/s1. The lowest BCUT2D eigenvalue weighted by Gasteiger charge is -2.32. The monoisotopic (exact) mass is 306 g/mol. The van der Waals surface area contributed by atoms with Crippen molar-refractivity contribution in [3.8, 4) is 0 Å². The molecule has 0 spiro atoms. The first kappa shape index (κ1) is 17.0. The Hall–Kier alpha value is -1.41. The average Bonchev–Trinajstić information content (AvgIpc) is 2.80. The number of hydrogen-bond donors (Lipinski definition) is 5. The van der Waals surface area contributed by atoms with Gasteiger partial charge in [-0.2, -0.15) is 0 Å². The van der Waals surface area contributed by atoms with Crippen LogP contribution in [0.2, 0.25) is 6.32 Å². The van der Waals surface area contributed by atoms with Gasteiger partial charge in [0.1, 0.15) is 5.54 Å². The molecule has 1 aliphatic rings. The van der Waals surface area contributed by atoms with E-state index in [9.17, 15) is 9.90 Å². The van der Waals surface area contributed by atoms with E-state index >= 15 is 0 Å². The summed E-state index contributed by atoms with van der Waals surface area (Å²) in [6, 6.07) is 5.70. The van der Waals surface area contributed by atoms with Crippen LogP contribution in [0.5, 0.6) is 0 Å². The molecule has 0 aliphatic heterocycles. The Balaban J connectivity index is 2.33. The number of nitrogens with one attached hydrogen (secondary N) is 1. The Bertz CT molecular complexity index is 552. The second kappa shape index (κ2) is 6.79. The second-order valence-corrected chi connectivity index (χ2v) is 5.87. The molecule has 0 amide bonds. The molecule has 0 aromatic heterocycles. The smallest absolute Gasteiger partial charge is 0.451 e. The molecule has 0 heterocycles. The minimum atomic E-state index is -1.35. The fraction of sp³-hybridized carbons (Fsp3) is 0.533. The Kier molecular flexibility index (Phi) is 5.23. The maximum atomic E-state index is 12.0. The van der Waals surface area contributed by atoms with Crippen LogP contribution in [-0.4, -0.2) is 35.3 Å². The Morgan fingerprint density at radius 1 is 1.50 bits per heavy atom. The van der Waals surface area contributed by atoms with Crippen LogP contribution < -0.4 is 11.1 Å².